The number of ether oxygens (including phenoxy) is 1. The van der Waals surface area contributed by atoms with Crippen molar-refractivity contribution in [1.82, 2.24) is 4.90 Å². The normalized spacial score (nSPS) is 11.2. The van der Waals surface area contributed by atoms with Crippen LogP contribution in [0, 0.1) is 0 Å². The highest BCUT2D eigenvalue weighted by Gasteiger charge is 2.12. The van der Waals surface area contributed by atoms with E-state index in [0.717, 1.165) is 36.5 Å². The molecule has 0 unspecified atom stereocenters. The lowest BCUT2D eigenvalue weighted by Crippen LogP contribution is -2.31. The molecule has 0 bridgehead atoms. The molecule has 1 aromatic carbocycles. The van der Waals surface area contributed by atoms with Gasteiger partial charge in [-0.05, 0) is 38.5 Å². The van der Waals surface area contributed by atoms with Gasteiger partial charge >= 0.3 is 0 Å². The van der Waals surface area contributed by atoms with E-state index in [0.29, 0.717) is 6.04 Å². The van der Waals surface area contributed by atoms with Gasteiger partial charge in [0.1, 0.15) is 5.75 Å². The first-order valence-electron chi connectivity index (χ1n) is 6.35. The number of hydrogen-bond donors (Lipinski definition) is 2. The molecule has 4 heteroatoms. The summed E-state index contributed by atoms with van der Waals surface area (Å²) in [6.07, 6.45) is 0.781. The van der Waals surface area contributed by atoms with Gasteiger partial charge in [0.05, 0.1) is 7.11 Å². The minimum absolute atomic E-state index is 0.220. The third-order valence-corrected chi connectivity index (χ3v) is 3.01. The third-order valence-electron chi connectivity index (χ3n) is 3.01. The van der Waals surface area contributed by atoms with Crippen LogP contribution in [0.5, 0.6) is 5.75 Å². The quantitative estimate of drug-likeness (QED) is 0.727. The van der Waals surface area contributed by atoms with Crippen molar-refractivity contribution in [3.63, 3.8) is 0 Å². The first kappa shape index (κ1) is 14.8. The average molecular weight is 252 g/mol. The molecule has 0 fully saturated rings. The summed E-state index contributed by atoms with van der Waals surface area (Å²) in [5.41, 5.74) is 7.65. The summed E-state index contributed by atoms with van der Waals surface area (Å²) in [4.78, 5) is 2.30. The number of nitrogens with zero attached hydrogens (tertiary/aromatic N) is 1. The van der Waals surface area contributed by atoms with Gasteiger partial charge in [-0.3, -0.25) is 4.90 Å². The zero-order chi connectivity index (χ0) is 13.5. The molecule has 0 spiro atoms. The second kappa shape index (κ2) is 7.24. The average Bonchev–Trinajstić information content (AvgIpc) is 2.34. The van der Waals surface area contributed by atoms with Gasteiger partial charge in [0, 0.05) is 37.0 Å². The molecule has 4 nitrogen and oxygen atoms in total. The first-order valence-corrected chi connectivity index (χ1v) is 6.35. The van der Waals surface area contributed by atoms with Gasteiger partial charge < -0.3 is 15.6 Å². The van der Waals surface area contributed by atoms with E-state index in [4.69, 9.17) is 15.6 Å². The third kappa shape index (κ3) is 4.20. The molecule has 0 amide bonds. The molecule has 0 saturated carbocycles. The largest absolute Gasteiger partial charge is 0.496 e. The SMILES string of the molecule is COc1ccc(N)cc1CN(CCCO)C(C)C. The van der Waals surface area contributed by atoms with Crippen LogP contribution >= 0.6 is 0 Å². The van der Waals surface area contributed by atoms with Crippen molar-refractivity contribution in [3.8, 4) is 5.75 Å². The minimum atomic E-state index is 0.220. The molecule has 1 rings (SSSR count). The summed E-state index contributed by atoms with van der Waals surface area (Å²) in [7, 11) is 1.67. The van der Waals surface area contributed by atoms with Crippen molar-refractivity contribution in [2.75, 3.05) is 26.0 Å². The lowest BCUT2D eigenvalue weighted by molar-refractivity contribution is 0.183. The Morgan fingerprint density at radius 2 is 2.11 bits per heavy atom. The Bertz CT molecular complexity index is 367. The number of anilines is 1. The molecule has 0 heterocycles. The second-order valence-corrected chi connectivity index (χ2v) is 4.71. The van der Waals surface area contributed by atoms with Gasteiger partial charge in [0.25, 0.3) is 0 Å². The molecule has 18 heavy (non-hydrogen) atoms. The Balaban J connectivity index is 2.81. The smallest absolute Gasteiger partial charge is 0.123 e. The van der Waals surface area contributed by atoms with E-state index in [9.17, 15) is 0 Å². The maximum atomic E-state index is 8.94. The summed E-state index contributed by atoms with van der Waals surface area (Å²) >= 11 is 0. The predicted octanol–water partition coefficient (Wildman–Crippen LogP) is 1.87. The highest BCUT2D eigenvalue weighted by Crippen LogP contribution is 2.23. The van der Waals surface area contributed by atoms with Crippen LogP contribution in [0.2, 0.25) is 0 Å². The van der Waals surface area contributed by atoms with Crippen LogP contribution < -0.4 is 10.5 Å². The maximum absolute atomic E-state index is 8.94. The van der Waals surface area contributed by atoms with Gasteiger partial charge in [-0.1, -0.05) is 0 Å². The minimum Gasteiger partial charge on any atom is -0.496 e. The summed E-state index contributed by atoms with van der Waals surface area (Å²) in [5.74, 6) is 0.860. The van der Waals surface area contributed by atoms with Crippen LogP contribution in [0.1, 0.15) is 25.8 Å². The van der Waals surface area contributed by atoms with E-state index in [-0.39, 0.29) is 6.61 Å². The second-order valence-electron chi connectivity index (χ2n) is 4.71. The fraction of sp³-hybridized carbons (Fsp3) is 0.571. The van der Waals surface area contributed by atoms with Crippen molar-refractivity contribution >= 4 is 5.69 Å². The highest BCUT2D eigenvalue weighted by molar-refractivity contribution is 5.47. The molecule has 0 aromatic heterocycles. The van der Waals surface area contributed by atoms with E-state index in [1.165, 1.54) is 0 Å². The van der Waals surface area contributed by atoms with E-state index in [2.05, 4.69) is 18.7 Å². The Labute approximate surface area is 109 Å². The zero-order valence-electron chi connectivity index (χ0n) is 11.5. The van der Waals surface area contributed by atoms with Crippen LogP contribution in [0.3, 0.4) is 0 Å². The summed E-state index contributed by atoms with van der Waals surface area (Å²) in [5, 5.41) is 8.94. The summed E-state index contributed by atoms with van der Waals surface area (Å²) in [6, 6.07) is 6.11. The number of aliphatic hydroxyl groups excluding tert-OH is 1. The Morgan fingerprint density at radius 1 is 1.39 bits per heavy atom. The molecule has 0 aliphatic heterocycles. The predicted molar refractivity (Wildman–Crippen MR) is 74.7 cm³/mol. The van der Waals surface area contributed by atoms with Crippen LogP contribution in [0.4, 0.5) is 5.69 Å². The highest BCUT2D eigenvalue weighted by atomic mass is 16.5. The number of hydrogen-bond acceptors (Lipinski definition) is 4. The van der Waals surface area contributed by atoms with Crippen molar-refractivity contribution in [2.24, 2.45) is 0 Å². The van der Waals surface area contributed by atoms with Crippen molar-refractivity contribution in [2.45, 2.75) is 32.9 Å². The Hall–Kier alpha value is -1.26. The molecule has 102 valence electrons. The molecular weight excluding hydrogens is 228 g/mol. The number of rotatable bonds is 7. The van der Waals surface area contributed by atoms with Gasteiger partial charge in [-0.2, -0.15) is 0 Å². The number of benzene rings is 1. The van der Waals surface area contributed by atoms with E-state index in [1.807, 2.05) is 18.2 Å². The molecule has 3 N–H and O–H groups in total. The number of nitrogens with two attached hydrogens (primary N) is 1. The summed E-state index contributed by atoms with van der Waals surface area (Å²) in [6.45, 7) is 6.17. The first-order chi connectivity index (χ1) is 8.58. The number of methoxy groups -OCH3 is 1. The zero-order valence-corrected chi connectivity index (χ0v) is 11.5. The molecule has 0 radical (unpaired) electrons. The van der Waals surface area contributed by atoms with Crippen molar-refractivity contribution in [3.05, 3.63) is 23.8 Å². The van der Waals surface area contributed by atoms with Crippen molar-refractivity contribution < 1.29 is 9.84 Å². The van der Waals surface area contributed by atoms with Gasteiger partial charge in [0.15, 0.2) is 0 Å². The van der Waals surface area contributed by atoms with E-state index >= 15 is 0 Å². The van der Waals surface area contributed by atoms with Crippen LogP contribution in [-0.2, 0) is 6.54 Å². The molecule has 0 atom stereocenters. The fourth-order valence-electron chi connectivity index (χ4n) is 1.93. The molecule has 1 aromatic rings. The number of aliphatic hydroxyl groups is 1. The standard InChI is InChI=1S/C14H24N2O2/c1-11(2)16(7-4-8-17)10-12-9-13(15)5-6-14(12)18-3/h5-6,9,11,17H,4,7-8,10,15H2,1-3H3. The molecule has 0 aliphatic carbocycles. The Morgan fingerprint density at radius 3 is 2.67 bits per heavy atom. The monoisotopic (exact) mass is 252 g/mol. The fourth-order valence-corrected chi connectivity index (χ4v) is 1.93. The van der Waals surface area contributed by atoms with Crippen LogP contribution in [-0.4, -0.2) is 36.3 Å². The lowest BCUT2D eigenvalue weighted by Gasteiger charge is -2.27. The molecule has 0 aliphatic rings. The summed E-state index contributed by atoms with van der Waals surface area (Å²) < 4.78 is 5.35. The van der Waals surface area contributed by atoms with Crippen LogP contribution in [0.15, 0.2) is 18.2 Å². The Kier molecular flexibility index (Phi) is 5.95. The van der Waals surface area contributed by atoms with Crippen LogP contribution in [0.25, 0.3) is 0 Å². The topological polar surface area (TPSA) is 58.7 Å². The van der Waals surface area contributed by atoms with Crippen molar-refractivity contribution in [1.29, 1.82) is 0 Å². The van der Waals surface area contributed by atoms with Gasteiger partial charge in [-0.25, -0.2) is 0 Å². The van der Waals surface area contributed by atoms with Gasteiger partial charge in [-0.15, -0.1) is 0 Å². The van der Waals surface area contributed by atoms with E-state index < -0.39 is 0 Å². The molecular formula is C14H24N2O2. The van der Waals surface area contributed by atoms with Gasteiger partial charge in [0.2, 0.25) is 0 Å². The maximum Gasteiger partial charge on any atom is 0.123 e. The number of nitrogen functional groups attached to an aromatic ring is 1. The lowest BCUT2D eigenvalue weighted by atomic mass is 10.1. The van der Waals surface area contributed by atoms with E-state index in [1.54, 1.807) is 7.11 Å². The molecule has 0 saturated heterocycles.